The van der Waals surface area contributed by atoms with Gasteiger partial charge in [0.05, 0.1) is 16.8 Å². The summed E-state index contributed by atoms with van der Waals surface area (Å²) in [6, 6.07) is 7.59. The first-order valence-electron chi connectivity index (χ1n) is 5.83. The number of benzene rings is 2. The second kappa shape index (κ2) is 4.52. The summed E-state index contributed by atoms with van der Waals surface area (Å²) in [6.45, 7) is 0. The van der Waals surface area contributed by atoms with E-state index in [0.29, 0.717) is 6.29 Å². The molecule has 2 aromatic carbocycles. The number of carbonyl (C=O) groups is 1. The van der Waals surface area contributed by atoms with Crippen molar-refractivity contribution < 1.29 is 18.0 Å². The van der Waals surface area contributed by atoms with E-state index < -0.39 is 17.5 Å². The van der Waals surface area contributed by atoms with Gasteiger partial charge in [0.25, 0.3) is 0 Å². The van der Waals surface area contributed by atoms with Crippen molar-refractivity contribution in [2.24, 2.45) is 0 Å². The zero-order valence-electron chi connectivity index (χ0n) is 10.1. The Hall–Kier alpha value is -2.56. The lowest BCUT2D eigenvalue weighted by molar-refractivity contribution is 0.112. The number of carbonyl (C=O) groups excluding carboxylic acids is 1. The van der Waals surface area contributed by atoms with E-state index in [-0.39, 0.29) is 27.7 Å². The number of aldehydes is 1. The van der Waals surface area contributed by atoms with Crippen LogP contribution in [0.4, 0.5) is 13.2 Å². The highest BCUT2D eigenvalue weighted by atomic mass is 19.1. The molecule has 3 aromatic rings. The third kappa shape index (κ3) is 1.71. The summed E-state index contributed by atoms with van der Waals surface area (Å²) in [5.74, 6) is -2.02. The van der Waals surface area contributed by atoms with Crippen molar-refractivity contribution in [3.05, 3.63) is 59.4 Å². The van der Waals surface area contributed by atoms with Crippen LogP contribution in [0.15, 0.2) is 36.4 Å². The van der Waals surface area contributed by atoms with E-state index >= 15 is 0 Å². The Labute approximate surface area is 111 Å². The molecule has 0 aliphatic heterocycles. The molecule has 0 spiro atoms. The molecule has 1 heterocycles. The highest BCUT2D eigenvalue weighted by Crippen LogP contribution is 2.33. The van der Waals surface area contributed by atoms with Crippen LogP contribution < -0.4 is 0 Å². The summed E-state index contributed by atoms with van der Waals surface area (Å²) < 4.78 is 41.3. The minimum atomic E-state index is -0.734. The fourth-order valence-corrected chi connectivity index (χ4v) is 2.25. The third-order valence-electron chi connectivity index (χ3n) is 3.15. The van der Waals surface area contributed by atoms with Crippen molar-refractivity contribution in [2.75, 3.05) is 0 Å². The van der Waals surface area contributed by atoms with Crippen LogP contribution in [0.2, 0.25) is 0 Å². The molecule has 1 aromatic heterocycles. The molecule has 100 valence electrons. The molecule has 0 saturated heterocycles. The first-order valence-corrected chi connectivity index (χ1v) is 5.83. The van der Waals surface area contributed by atoms with E-state index in [4.69, 9.17) is 0 Å². The van der Waals surface area contributed by atoms with Crippen LogP contribution in [0.3, 0.4) is 0 Å². The smallest absolute Gasteiger partial charge is 0.152 e. The van der Waals surface area contributed by atoms with Gasteiger partial charge in [-0.15, -0.1) is 0 Å². The average Bonchev–Trinajstić information content (AvgIpc) is 2.84. The number of halogens is 3. The summed E-state index contributed by atoms with van der Waals surface area (Å²) >= 11 is 0. The van der Waals surface area contributed by atoms with E-state index in [1.165, 1.54) is 18.2 Å². The standard InChI is InChI=1S/C15H8F3NO/c16-10-4-2-1-3-8(10)14-9(7-20)13-11(17)5-6-12(18)15(13)19-14/h1-7,19H. The van der Waals surface area contributed by atoms with Crippen molar-refractivity contribution in [2.45, 2.75) is 0 Å². The Morgan fingerprint density at radius 1 is 0.900 bits per heavy atom. The summed E-state index contributed by atoms with van der Waals surface area (Å²) in [6.07, 6.45) is 0.392. The summed E-state index contributed by atoms with van der Waals surface area (Å²) in [4.78, 5) is 13.8. The lowest BCUT2D eigenvalue weighted by Gasteiger charge is -2.01. The molecular formula is C15H8F3NO. The first kappa shape index (κ1) is 12.5. The predicted molar refractivity (Wildman–Crippen MR) is 69.0 cm³/mol. The van der Waals surface area contributed by atoms with Crippen molar-refractivity contribution >= 4 is 17.2 Å². The number of hydrogen-bond donors (Lipinski definition) is 1. The minimum absolute atomic E-state index is 0.0668. The van der Waals surface area contributed by atoms with Gasteiger partial charge in [0.1, 0.15) is 17.5 Å². The Morgan fingerprint density at radius 2 is 1.60 bits per heavy atom. The average molecular weight is 275 g/mol. The lowest BCUT2D eigenvalue weighted by Crippen LogP contribution is -1.89. The Bertz CT molecular complexity index is 823. The minimum Gasteiger partial charge on any atom is -0.351 e. The zero-order chi connectivity index (χ0) is 14.3. The molecule has 0 atom stereocenters. The maximum absolute atomic E-state index is 13.8. The fraction of sp³-hybridized carbons (Fsp3) is 0. The Balaban J connectivity index is 2.44. The van der Waals surface area contributed by atoms with Gasteiger partial charge in [-0.3, -0.25) is 4.79 Å². The van der Waals surface area contributed by atoms with Gasteiger partial charge in [-0.1, -0.05) is 12.1 Å². The van der Waals surface area contributed by atoms with Gasteiger partial charge >= 0.3 is 0 Å². The van der Waals surface area contributed by atoms with Gasteiger partial charge in [0, 0.05) is 10.9 Å². The number of nitrogens with one attached hydrogen (secondary N) is 1. The molecule has 0 unspecified atom stereocenters. The van der Waals surface area contributed by atoms with Crippen molar-refractivity contribution in [1.82, 2.24) is 4.98 Å². The molecule has 0 amide bonds. The molecular weight excluding hydrogens is 267 g/mol. The van der Waals surface area contributed by atoms with Crippen LogP contribution in [0.1, 0.15) is 10.4 Å². The molecule has 0 saturated carbocycles. The fourth-order valence-electron chi connectivity index (χ4n) is 2.25. The van der Waals surface area contributed by atoms with Gasteiger partial charge in [-0.25, -0.2) is 13.2 Å². The van der Waals surface area contributed by atoms with Gasteiger partial charge in [-0.2, -0.15) is 0 Å². The topological polar surface area (TPSA) is 32.9 Å². The number of aromatic nitrogens is 1. The highest BCUT2D eigenvalue weighted by molar-refractivity contribution is 6.04. The number of hydrogen-bond acceptors (Lipinski definition) is 1. The summed E-state index contributed by atoms with van der Waals surface area (Å²) in [7, 11) is 0. The maximum atomic E-state index is 13.8. The lowest BCUT2D eigenvalue weighted by atomic mass is 10.1. The van der Waals surface area contributed by atoms with Gasteiger partial charge in [-0.05, 0) is 24.3 Å². The van der Waals surface area contributed by atoms with Crippen molar-refractivity contribution in [1.29, 1.82) is 0 Å². The van der Waals surface area contributed by atoms with Crippen molar-refractivity contribution in [3.63, 3.8) is 0 Å². The molecule has 0 bridgehead atoms. The molecule has 2 nitrogen and oxygen atoms in total. The van der Waals surface area contributed by atoms with E-state index in [1.54, 1.807) is 6.07 Å². The van der Waals surface area contributed by atoms with E-state index in [1.807, 2.05) is 0 Å². The summed E-state index contributed by atoms with van der Waals surface area (Å²) in [5.41, 5.74) is -0.0887. The van der Waals surface area contributed by atoms with Crippen LogP contribution in [0.5, 0.6) is 0 Å². The van der Waals surface area contributed by atoms with Crippen LogP contribution in [-0.4, -0.2) is 11.3 Å². The second-order valence-electron chi connectivity index (χ2n) is 4.29. The maximum Gasteiger partial charge on any atom is 0.152 e. The van der Waals surface area contributed by atoms with E-state index in [0.717, 1.165) is 12.1 Å². The van der Waals surface area contributed by atoms with Crippen LogP contribution >= 0.6 is 0 Å². The predicted octanol–water partition coefficient (Wildman–Crippen LogP) is 4.06. The van der Waals surface area contributed by atoms with Gasteiger partial charge in [0.2, 0.25) is 0 Å². The van der Waals surface area contributed by atoms with Gasteiger partial charge < -0.3 is 4.98 Å². The van der Waals surface area contributed by atoms with Crippen LogP contribution in [-0.2, 0) is 0 Å². The number of rotatable bonds is 2. The van der Waals surface area contributed by atoms with E-state index in [9.17, 15) is 18.0 Å². The monoisotopic (exact) mass is 275 g/mol. The van der Waals surface area contributed by atoms with Gasteiger partial charge in [0.15, 0.2) is 6.29 Å². The molecule has 0 aliphatic rings. The molecule has 0 fully saturated rings. The van der Waals surface area contributed by atoms with Crippen LogP contribution in [0.25, 0.3) is 22.2 Å². The largest absolute Gasteiger partial charge is 0.351 e. The SMILES string of the molecule is O=Cc1c(-c2ccccc2F)[nH]c2c(F)ccc(F)c12. The van der Waals surface area contributed by atoms with E-state index in [2.05, 4.69) is 4.98 Å². The molecule has 1 N–H and O–H groups in total. The van der Waals surface area contributed by atoms with Crippen LogP contribution in [0, 0.1) is 17.5 Å². The van der Waals surface area contributed by atoms with Crippen molar-refractivity contribution in [3.8, 4) is 11.3 Å². The molecule has 3 rings (SSSR count). The number of fused-ring (bicyclic) bond motifs is 1. The third-order valence-corrected chi connectivity index (χ3v) is 3.15. The molecule has 0 radical (unpaired) electrons. The Morgan fingerprint density at radius 3 is 2.30 bits per heavy atom. The second-order valence-corrected chi connectivity index (χ2v) is 4.29. The number of H-pyrrole nitrogens is 1. The summed E-state index contributed by atoms with van der Waals surface area (Å²) in [5, 5.41) is -0.168. The quantitative estimate of drug-likeness (QED) is 0.703. The zero-order valence-corrected chi connectivity index (χ0v) is 10.1. The molecule has 0 aliphatic carbocycles. The first-order chi connectivity index (χ1) is 9.63. The molecule has 5 heteroatoms. The Kier molecular flexibility index (Phi) is 2.82. The highest BCUT2D eigenvalue weighted by Gasteiger charge is 2.20. The molecule has 20 heavy (non-hydrogen) atoms. The normalized spacial score (nSPS) is 10.9. The number of aromatic amines is 1.